The first-order valence-corrected chi connectivity index (χ1v) is 9.47. The Balaban J connectivity index is 1.83. The molecule has 150 valence electrons. The number of nitrogens with zero attached hydrogens (tertiary/aromatic N) is 2. The van der Waals surface area contributed by atoms with Crippen molar-refractivity contribution < 1.29 is 19.1 Å². The minimum absolute atomic E-state index is 0.173. The third kappa shape index (κ3) is 5.53. The van der Waals surface area contributed by atoms with Crippen LogP contribution in [0.25, 0.3) is 0 Å². The number of rotatable bonds is 7. The largest absolute Gasteiger partial charge is 0.454 e. The standard InChI is InChI=1S/C19H23N3O5S/c1-12-6-5-7-13(2)18(12)20-15(23)8-21(4)16(24)10-27-17(25)9-22-14(3)11-28-19(22)26/h5-7,11H,8-10H2,1-4H3,(H,20,23). The van der Waals surface area contributed by atoms with Crippen molar-refractivity contribution in [3.63, 3.8) is 0 Å². The predicted octanol–water partition coefficient (Wildman–Crippen LogP) is 1.48. The molecule has 1 heterocycles. The molecule has 0 radical (unpaired) electrons. The normalized spacial score (nSPS) is 10.4. The lowest BCUT2D eigenvalue weighted by Gasteiger charge is -2.18. The highest BCUT2D eigenvalue weighted by Gasteiger charge is 2.17. The number of nitrogens with one attached hydrogen (secondary N) is 1. The van der Waals surface area contributed by atoms with Crippen LogP contribution in [0.3, 0.4) is 0 Å². The van der Waals surface area contributed by atoms with Gasteiger partial charge in [-0.05, 0) is 31.9 Å². The Morgan fingerprint density at radius 2 is 1.82 bits per heavy atom. The maximum atomic E-state index is 12.2. The second kappa shape index (κ2) is 9.32. The van der Waals surface area contributed by atoms with Crippen LogP contribution in [-0.4, -0.2) is 47.4 Å². The lowest BCUT2D eigenvalue weighted by Crippen LogP contribution is -2.38. The highest BCUT2D eigenvalue weighted by Crippen LogP contribution is 2.19. The second-order valence-electron chi connectivity index (χ2n) is 6.45. The molecular formula is C19H23N3O5S. The van der Waals surface area contributed by atoms with Gasteiger partial charge in [-0.25, -0.2) is 0 Å². The number of aromatic nitrogens is 1. The van der Waals surface area contributed by atoms with Crippen LogP contribution >= 0.6 is 11.3 Å². The average Bonchev–Trinajstić information content (AvgIpc) is 2.94. The number of amides is 2. The number of thiazole rings is 1. The summed E-state index contributed by atoms with van der Waals surface area (Å²) >= 11 is 0.992. The fraction of sp³-hybridized carbons (Fsp3) is 0.368. The Hall–Kier alpha value is -2.94. The smallest absolute Gasteiger partial charge is 0.326 e. The first-order chi connectivity index (χ1) is 13.2. The van der Waals surface area contributed by atoms with Gasteiger partial charge in [-0.3, -0.25) is 23.7 Å². The molecule has 1 aromatic carbocycles. The Morgan fingerprint density at radius 3 is 2.39 bits per heavy atom. The van der Waals surface area contributed by atoms with Crippen LogP contribution in [0.1, 0.15) is 16.8 Å². The Labute approximate surface area is 166 Å². The summed E-state index contributed by atoms with van der Waals surface area (Å²) < 4.78 is 6.21. The number of hydrogen-bond acceptors (Lipinski definition) is 6. The summed E-state index contributed by atoms with van der Waals surface area (Å²) in [6.07, 6.45) is 0. The molecule has 0 aliphatic carbocycles. The molecule has 1 aromatic heterocycles. The van der Waals surface area contributed by atoms with Gasteiger partial charge in [0.2, 0.25) is 5.91 Å². The topological polar surface area (TPSA) is 97.7 Å². The minimum Gasteiger partial charge on any atom is -0.454 e. The number of esters is 1. The Kier molecular flexibility index (Phi) is 7.11. The van der Waals surface area contributed by atoms with E-state index in [1.807, 2.05) is 32.0 Å². The lowest BCUT2D eigenvalue weighted by molar-refractivity contribution is -0.152. The average molecular weight is 405 g/mol. The van der Waals surface area contributed by atoms with Crippen molar-refractivity contribution in [3.05, 3.63) is 50.1 Å². The van der Waals surface area contributed by atoms with E-state index in [0.717, 1.165) is 28.2 Å². The van der Waals surface area contributed by atoms with E-state index in [1.54, 1.807) is 12.3 Å². The van der Waals surface area contributed by atoms with Crippen LogP contribution in [0, 0.1) is 20.8 Å². The van der Waals surface area contributed by atoms with Crippen molar-refractivity contribution in [3.8, 4) is 0 Å². The summed E-state index contributed by atoms with van der Waals surface area (Å²) in [5, 5.41) is 4.44. The lowest BCUT2D eigenvalue weighted by atomic mass is 10.1. The summed E-state index contributed by atoms with van der Waals surface area (Å²) in [5.41, 5.74) is 3.22. The van der Waals surface area contributed by atoms with Crippen molar-refractivity contribution in [2.24, 2.45) is 0 Å². The van der Waals surface area contributed by atoms with Gasteiger partial charge >= 0.3 is 10.8 Å². The van der Waals surface area contributed by atoms with E-state index < -0.39 is 18.5 Å². The number of carbonyl (C=O) groups excluding carboxylic acids is 3. The molecule has 0 saturated heterocycles. The van der Waals surface area contributed by atoms with E-state index >= 15 is 0 Å². The van der Waals surface area contributed by atoms with Crippen LogP contribution in [0.5, 0.6) is 0 Å². The molecule has 0 saturated carbocycles. The van der Waals surface area contributed by atoms with E-state index in [9.17, 15) is 19.2 Å². The van der Waals surface area contributed by atoms with Gasteiger partial charge in [0, 0.05) is 23.8 Å². The van der Waals surface area contributed by atoms with Crippen LogP contribution in [0.4, 0.5) is 5.69 Å². The number of carbonyl (C=O) groups is 3. The SMILES string of the molecule is Cc1cccc(C)c1NC(=O)CN(C)C(=O)COC(=O)Cn1c(C)csc1=O. The molecule has 0 unspecified atom stereocenters. The van der Waals surface area contributed by atoms with Crippen molar-refractivity contribution >= 4 is 34.8 Å². The highest BCUT2D eigenvalue weighted by atomic mass is 32.1. The third-order valence-corrected chi connectivity index (χ3v) is 5.05. The van der Waals surface area contributed by atoms with Gasteiger partial charge in [-0.1, -0.05) is 29.5 Å². The van der Waals surface area contributed by atoms with E-state index in [4.69, 9.17) is 4.74 Å². The molecule has 0 aliphatic rings. The number of hydrogen-bond donors (Lipinski definition) is 1. The molecule has 2 aromatic rings. The zero-order valence-corrected chi connectivity index (χ0v) is 17.1. The van der Waals surface area contributed by atoms with Gasteiger partial charge in [0.05, 0.1) is 6.54 Å². The van der Waals surface area contributed by atoms with Crippen LogP contribution in [0.15, 0.2) is 28.4 Å². The van der Waals surface area contributed by atoms with Crippen molar-refractivity contribution in [1.82, 2.24) is 9.47 Å². The molecule has 2 amide bonds. The molecule has 0 atom stereocenters. The maximum Gasteiger partial charge on any atom is 0.326 e. The van der Waals surface area contributed by atoms with Crippen molar-refractivity contribution in [2.45, 2.75) is 27.3 Å². The zero-order chi connectivity index (χ0) is 20.8. The van der Waals surface area contributed by atoms with Crippen molar-refractivity contribution in [2.75, 3.05) is 25.5 Å². The van der Waals surface area contributed by atoms with E-state index in [-0.39, 0.29) is 23.9 Å². The molecule has 0 spiro atoms. The first-order valence-electron chi connectivity index (χ1n) is 8.59. The molecule has 0 fully saturated rings. The quantitative estimate of drug-likeness (QED) is 0.704. The van der Waals surface area contributed by atoms with Crippen LogP contribution in [-0.2, 0) is 25.7 Å². The van der Waals surface area contributed by atoms with Crippen LogP contribution < -0.4 is 10.2 Å². The fourth-order valence-corrected chi connectivity index (χ4v) is 3.25. The van der Waals surface area contributed by atoms with E-state index in [1.165, 1.54) is 16.5 Å². The third-order valence-electron chi connectivity index (χ3n) is 4.17. The minimum atomic E-state index is -0.690. The number of anilines is 1. The van der Waals surface area contributed by atoms with E-state index in [2.05, 4.69) is 5.32 Å². The van der Waals surface area contributed by atoms with Gasteiger partial charge in [0.15, 0.2) is 6.61 Å². The molecule has 2 rings (SSSR count). The zero-order valence-electron chi connectivity index (χ0n) is 16.3. The molecular weight excluding hydrogens is 382 g/mol. The fourth-order valence-electron chi connectivity index (χ4n) is 2.52. The Morgan fingerprint density at radius 1 is 1.18 bits per heavy atom. The number of likely N-dealkylation sites (N-methyl/N-ethyl adjacent to an activating group) is 1. The highest BCUT2D eigenvalue weighted by molar-refractivity contribution is 7.07. The van der Waals surface area contributed by atoms with Gasteiger partial charge in [0.1, 0.15) is 6.54 Å². The molecule has 0 aliphatic heterocycles. The van der Waals surface area contributed by atoms with Crippen LogP contribution in [0.2, 0.25) is 0 Å². The van der Waals surface area contributed by atoms with E-state index in [0.29, 0.717) is 5.69 Å². The second-order valence-corrected chi connectivity index (χ2v) is 7.28. The summed E-state index contributed by atoms with van der Waals surface area (Å²) in [5.74, 6) is -1.55. The number of ether oxygens (including phenoxy) is 1. The van der Waals surface area contributed by atoms with Crippen molar-refractivity contribution in [1.29, 1.82) is 0 Å². The number of para-hydroxylation sites is 1. The molecule has 9 heteroatoms. The predicted molar refractivity (Wildman–Crippen MR) is 106 cm³/mol. The molecule has 1 N–H and O–H groups in total. The summed E-state index contributed by atoms with van der Waals surface area (Å²) in [4.78, 5) is 48.7. The van der Waals surface area contributed by atoms with Gasteiger partial charge in [0.25, 0.3) is 5.91 Å². The molecule has 28 heavy (non-hydrogen) atoms. The maximum absolute atomic E-state index is 12.2. The summed E-state index contributed by atoms with van der Waals surface area (Å²) in [6.45, 7) is 4.56. The Bertz CT molecular complexity index is 927. The summed E-state index contributed by atoms with van der Waals surface area (Å²) in [6, 6.07) is 5.67. The monoisotopic (exact) mass is 405 g/mol. The van der Waals surface area contributed by atoms with Gasteiger partial charge in [-0.15, -0.1) is 0 Å². The molecule has 0 bridgehead atoms. The first kappa shape index (κ1) is 21.4. The molecule has 8 nitrogen and oxygen atoms in total. The van der Waals surface area contributed by atoms with Gasteiger partial charge < -0.3 is 15.0 Å². The summed E-state index contributed by atoms with van der Waals surface area (Å²) in [7, 11) is 1.45. The number of benzene rings is 1. The van der Waals surface area contributed by atoms with Gasteiger partial charge in [-0.2, -0.15) is 0 Å². The number of aryl methyl sites for hydroxylation is 3.